The van der Waals surface area contributed by atoms with Crippen LogP contribution >= 0.6 is 0 Å². The van der Waals surface area contributed by atoms with E-state index in [9.17, 15) is 8.78 Å². The van der Waals surface area contributed by atoms with E-state index < -0.39 is 11.6 Å². The minimum Gasteiger partial charge on any atom is -0.328 e. The van der Waals surface area contributed by atoms with Crippen LogP contribution in [0.15, 0.2) is 12.1 Å². The minimum atomic E-state index is -0.686. The van der Waals surface area contributed by atoms with Crippen LogP contribution in [0.4, 0.5) is 8.78 Å². The van der Waals surface area contributed by atoms with Gasteiger partial charge >= 0.3 is 0 Å². The summed E-state index contributed by atoms with van der Waals surface area (Å²) in [5.74, 6) is 0.148. The van der Waals surface area contributed by atoms with Crippen molar-refractivity contribution in [1.82, 2.24) is 0 Å². The smallest absolute Gasteiger partial charge is 0.162 e. The van der Waals surface area contributed by atoms with E-state index in [1.54, 1.807) is 19.1 Å². The lowest BCUT2D eigenvalue weighted by Crippen LogP contribution is -2.29. The van der Waals surface area contributed by atoms with Crippen LogP contribution in [0.5, 0.6) is 0 Å². The zero-order valence-electron chi connectivity index (χ0n) is 14.6. The van der Waals surface area contributed by atoms with Crippen LogP contribution in [0.3, 0.4) is 0 Å². The highest BCUT2D eigenvalue weighted by atomic mass is 19.2. The third-order valence-electron chi connectivity index (χ3n) is 5.52. The molecule has 1 aromatic rings. The fourth-order valence-corrected chi connectivity index (χ4v) is 4.04. The first-order valence-electron chi connectivity index (χ1n) is 9.22. The Morgan fingerprint density at radius 3 is 2.43 bits per heavy atom. The van der Waals surface area contributed by atoms with Crippen LogP contribution < -0.4 is 5.73 Å². The average molecular weight is 323 g/mol. The fraction of sp³-hybridized carbons (Fsp3) is 0.700. The molecule has 1 saturated carbocycles. The molecule has 0 bridgehead atoms. The van der Waals surface area contributed by atoms with Crippen LogP contribution in [0.2, 0.25) is 0 Å². The molecule has 1 fully saturated rings. The predicted octanol–water partition coefficient (Wildman–Crippen LogP) is 5.53. The molecule has 0 aromatic heterocycles. The minimum absolute atomic E-state index is 0.383. The first kappa shape index (κ1) is 18.4. The van der Waals surface area contributed by atoms with E-state index >= 15 is 0 Å². The van der Waals surface area contributed by atoms with Gasteiger partial charge < -0.3 is 5.73 Å². The van der Waals surface area contributed by atoms with Gasteiger partial charge in [-0.25, -0.2) is 8.78 Å². The van der Waals surface area contributed by atoms with Gasteiger partial charge in [-0.1, -0.05) is 31.9 Å². The summed E-state index contributed by atoms with van der Waals surface area (Å²) in [5, 5.41) is 0. The number of hydrogen-bond donors (Lipinski definition) is 1. The van der Waals surface area contributed by atoms with Crippen LogP contribution in [0.25, 0.3) is 0 Å². The van der Waals surface area contributed by atoms with Crippen molar-refractivity contribution in [1.29, 1.82) is 0 Å². The summed E-state index contributed by atoms with van der Waals surface area (Å²) in [6.07, 6.45) is 9.88. The molecule has 1 aliphatic carbocycles. The molecule has 3 heteroatoms. The molecular weight excluding hydrogens is 292 g/mol. The molecule has 0 unspecified atom stereocenters. The van der Waals surface area contributed by atoms with Crippen molar-refractivity contribution in [3.63, 3.8) is 0 Å². The molecule has 0 saturated heterocycles. The van der Waals surface area contributed by atoms with Crippen molar-refractivity contribution >= 4 is 0 Å². The summed E-state index contributed by atoms with van der Waals surface area (Å²) >= 11 is 0. The lowest BCUT2D eigenvalue weighted by Gasteiger charge is -2.32. The summed E-state index contributed by atoms with van der Waals surface area (Å²) in [7, 11) is 0. The van der Waals surface area contributed by atoms with Gasteiger partial charge in [-0.2, -0.15) is 0 Å². The van der Waals surface area contributed by atoms with Gasteiger partial charge in [0.1, 0.15) is 0 Å². The van der Waals surface area contributed by atoms with Crippen LogP contribution in [-0.4, -0.2) is 6.04 Å². The highest BCUT2D eigenvalue weighted by Crippen LogP contribution is 2.35. The van der Waals surface area contributed by atoms with E-state index in [4.69, 9.17) is 5.73 Å². The van der Waals surface area contributed by atoms with E-state index in [2.05, 4.69) is 6.92 Å². The van der Waals surface area contributed by atoms with E-state index in [0.29, 0.717) is 29.5 Å². The quantitative estimate of drug-likeness (QED) is 0.701. The van der Waals surface area contributed by atoms with Gasteiger partial charge in [0.15, 0.2) is 11.6 Å². The number of aryl methyl sites for hydroxylation is 2. The fourth-order valence-electron chi connectivity index (χ4n) is 4.04. The van der Waals surface area contributed by atoms with Gasteiger partial charge in [-0.15, -0.1) is 0 Å². The summed E-state index contributed by atoms with van der Waals surface area (Å²) in [6, 6.07) is 3.81. The molecule has 2 rings (SSSR count). The number of halogens is 2. The molecule has 0 amide bonds. The standard InChI is InChI=1S/C20H31F2N/c1-3-5-15(16-10-12-18(23)13-11-16)6-4-7-17-9-8-14(2)19(21)20(17)22/h8-9,15-16,18H,3-7,10-13,23H2,1-2H3/t15-,16?,18?/m1/s1. The number of benzene rings is 1. The molecule has 23 heavy (non-hydrogen) atoms. The topological polar surface area (TPSA) is 26.0 Å². The number of rotatable bonds is 7. The van der Waals surface area contributed by atoms with E-state index in [-0.39, 0.29) is 0 Å². The first-order valence-corrected chi connectivity index (χ1v) is 9.22. The predicted molar refractivity (Wildman–Crippen MR) is 92.4 cm³/mol. The Labute approximate surface area is 139 Å². The van der Waals surface area contributed by atoms with Gasteiger partial charge in [0, 0.05) is 6.04 Å². The van der Waals surface area contributed by atoms with Gasteiger partial charge in [0.25, 0.3) is 0 Å². The van der Waals surface area contributed by atoms with Crippen molar-refractivity contribution in [3.8, 4) is 0 Å². The van der Waals surface area contributed by atoms with E-state index in [0.717, 1.165) is 31.6 Å². The van der Waals surface area contributed by atoms with Gasteiger partial charge in [-0.05, 0) is 74.8 Å². The Morgan fingerprint density at radius 1 is 1.09 bits per heavy atom. The molecule has 1 nitrogen and oxygen atoms in total. The second kappa shape index (κ2) is 8.77. The Hall–Kier alpha value is -0.960. The Kier molecular flexibility index (Phi) is 7.01. The molecule has 2 N–H and O–H groups in total. The monoisotopic (exact) mass is 323 g/mol. The summed E-state index contributed by atoms with van der Waals surface area (Å²) < 4.78 is 27.6. The molecule has 1 aliphatic rings. The molecule has 0 heterocycles. The maximum Gasteiger partial charge on any atom is 0.162 e. The maximum atomic E-state index is 13.9. The van der Waals surface area contributed by atoms with Crippen LogP contribution in [-0.2, 0) is 6.42 Å². The van der Waals surface area contributed by atoms with E-state index in [1.165, 1.54) is 25.7 Å². The third kappa shape index (κ3) is 5.00. The Balaban J connectivity index is 1.88. The average Bonchev–Trinajstić information content (AvgIpc) is 2.55. The molecular formula is C20H31F2N. The van der Waals surface area contributed by atoms with Crippen LogP contribution in [0, 0.1) is 30.4 Å². The normalized spacial score (nSPS) is 23.0. The number of hydrogen-bond acceptors (Lipinski definition) is 1. The zero-order chi connectivity index (χ0) is 16.8. The largest absolute Gasteiger partial charge is 0.328 e. The molecule has 0 spiro atoms. The summed E-state index contributed by atoms with van der Waals surface area (Å²) in [6.45, 7) is 3.84. The van der Waals surface area contributed by atoms with E-state index in [1.807, 2.05) is 0 Å². The molecule has 1 atom stereocenters. The Bertz CT molecular complexity index is 493. The van der Waals surface area contributed by atoms with Gasteiger partial charge in [0.2, 0.25) is 0 Å². The third-order valence-corrected chi connectivity index (χ3v) is 5.52. The van der Waals surface area contributed by atoms with Crippen molar-refractivity contribution in [3.05, 3.63) is 34.9 Å². The SMILES string of the molecule is CCC[C@H](CCCc1ccc(C)c(F)c1F)C1CCC(N)CC1. The lowest BCUT2D eigenvalue weighted by atomic mass is 9.74. The lowest BCUT2D eigenvalue weighted by molar-refractivity contribution is 0.208. The van der Waals surface area contributed by atoms with Crippen molar-refractivity contribution in [2.75, 3.05) is 0 Å². The van der Waals surface area contributed by atoms with Crippen molar-refractivity contribution in [2.45, 2.75) is 77.7 Å². The number of nitrogens with two attached hydrogens (primary N) is 1. The van der Waals surface area contributed by atoms with Gasteiger partial charge in [0.05, 0.1) is 0 Å². The van der Waals surface area contributed by atoms with Crippen molar-refractivity contribution < 1.29 is 8.78 Å². The van der Waals surface area contributed by atoms with Crippen LogP contribution in [0.1, 0.15) is 69.4 Å². The second-order valence-corrected chi connectivity index (χ2v) is 7.29. The van der Waals surface area contributed by atoms with Crippen molar-refractivity contribution in [2.24, 2.45) is 17.6 Å². The zero-order valence-corrected chi connectivity index (χ0v) is 14.6. The second-order valence-electron chi connectivity index (χ2n) is 7.29. The molecule has 0 radical (unpaired) electrons. The molecule has 0 aliphatic heterocycles. The summed E-state index contributed by atoms with van der Waals surface area (Å²) in [5.41, 5.74) is 6.92. The summed E-state index contributed by atoms with van der Waals surface area (Å²) in [4.78, 5) is 0. The highest BCUT2D eigenvalue weighted by Gasteiger charge is 2.25. The van der Waals surface area contributed by atoms with Gasteiger partial charge in [-0.3, -0.25) is 0 Å². The highest BCUT2D eigenvalue weighted by molar-refractivity contribution is 5.25. The maximum absolute atomic E-state index is 13.9. The molecule has 130 valence electrons. The first-order chi connectivity index (χ1) is 11.0. The Morgan fingerprint density at radius 2 is 1.78 bits per heavy atom. The molecule has 1 aromatic carbocycles.